The number of carboxylic acid groups (broad SMARTS) is 1. The van der Waals surface area contributed by atoms with Gasteiger partial charge >= 0.3 is 5.97 Å². The minimum atomic E-state index is -0.765. The number of carbonyl (C=O) groups excluding carboxylic acids is 1. The molecule has 5 aromatic rings. The number of nitrogens with zero attached hydrogens (tertiary/aromatic N) is 5. The van der Waals surface area contributed by atoms with E-state index in [1.807, 2.05) is 43.0 Å². The fourth-order valence-electron chi connectivity index (χ4n) is 6.87. The van der Waals surface area contributed by atoms with Crippen LogP contribution in [-0.4, -0.2) is 62.4 Å². The smallest absolute Gasteiger partial charge is 0.307 e. The van der Waals surface area contributed by atoms with Crippen molar-refractivity contribution in [1.82, 2.24) is 25.1 Å². The molecule has 1 saturated heterocycles. The Kier molecular flexibility index (Phi) is 8.79. The molecule has 2 aromatic heterocycles. The molecule has 0 spiro atoms. The third kappa shape index (κ3) is 6.35. The molecular weight excluding hydrogens is 637 g/mol. The van der Waals surface area contributed by atoms with Gasteiger partial charge in [-0.2, -0.15) is 5.26 Å². The number of carbonyl (C=O) groups is 2. The van der Waals surface area contributed by atoms with Gasteiger partial charge in [0, 0.05) is 35.1 Å². The van der Waals surface area contributed by atoms with Crippen LogP contribution in [0, 0.1) is 31.1 Å². The number of thiazole rings is 1. The number of carboxylic acids is 1. The summed E-state index contributed by atoms with van der Waals surface area (Å²) >= 11 is 1.66. The highest BCUT2D eigenvalue weighted by atomic mass is 32.1. The number of hydrogen-bond acceptors (Lipinski definition) is 9. The van der Waals surface area contributed by atoms with E-state index in [4.69, 9.17) is 14.4 Å². The maximum Gasteiger partial charge on any atom is 0.307 e. The SMILES string of the molecule is Cc1c(-c2nc3cc(CN4CCC(C(=O)O)C4)cc(C#N)c3o2)cccc1-c1cccc(-c2nc3c(s2)CN(C(=O)CNC(C)C)C3)c1C. The average Bonchev–Trinajstić information content (AvgIpc) is 3.87. The van der Waals surface area contributed by atoms with Crippen molar-refractivity contribution in [3.8, 4) is 39.2 Å². The Bertz CT molecular complexity index is 2120. The topological polar surface area (TPSA) is 136 Å². The van der Waals surface area contributed by atoms with Crippen molar-refractivity contribution in [3.63, 3.8) is 0 Å². The second kappa shape index (κ2) is 13.2. The van der Waals surface area contributed by atoms with Gasteiger partial charge in [0.05, 0.1) is 36.8 Å². The first-order valence-corrected chi connectivity index (χ1v) is 17.4. The summed E-state index contributed by atoms with van der Waals surface area (Å²) in [5.74, 6) is -0.586. The predicted octanol–water partition coefficient (Wildman–Crippen LogP) is 6.52. The third-order valence-electron chi connectivity index (χ3n) is 9.58. The van der Waals surface area contributed by atoms with Crippen molar-refractivity contribution in [1.29, 1.82) is 5.26 Å². The molecule has 1 amide bonds. The van der Waals surface area contributed by atoms with Crippen LogP contribution in [0.25, 0.3) is 44.3 Å². The number of aromatic nitrogens is 2. The fourth-order valence-corrected chi connectivity index (χ4v) is 8.04. The molecule has 1 fully saturated rings. The van der Waals surface area contributed by atoms with E-state index in [-0.39, 0.29) is 17.9 Å². The third-order valence-corrected chi connectivity index (χ3v) is 10.7. The fraction of sp³-hybridized carbons (Fsp3) is 0.342. The monoisotopic (exact) mass is 674 g/mol. The summed E-state index contributed by atoms with van der Waals surface area (Å²) in [5, 5.41) is 23.5. The molecule has 0 saturated carbocycles. The second-order valence-corrected chi connectivity index (χ2v) is 14.4. The lowest BCUT2D eigenvalue weighted by Gasteiger charge is -2.17. The van der Waals surface area contributed by atoms with E-state index in [0.29, 0.717) is 68.2 Å². The van der Waals surface area contributed by atoms with Gasteiger partial charge in [-0.3, -0.25) is 14.5 Å². The number of oxazole rings is 1. The van der Waals surface area contributed by atoms with Crippen LogP contribution in [0.4, 0.5) is 0 Å². The van der Waals surface area contributed by atoms with Crippen molar-refractivity contribution >= 4 is 34.3 Å². The standard InChI is InChI=1S/C38H38N6O4S/c1-21(2)40-16-34(45)44-19-32-33(20-44)49-37(42-32)30-10-6-8-28(23(30)4)27-7-5-9-29(22(27)3)36-41-31-14-24(13-26(15-39)35(31)48-36)17-43-12-11-25(18-43)38(46)47/h5-10,13-14,21,25,40H,11-12,16-20H2,1-4H3,(H,46,47). The number of fused-ring (bicyclic) bond motifs is 2. The molecule has 4 heterocycles. The van der Waals surface area contributed by atoms with Gasteiger partial charge in [-0.1, -0.05) is 44.2 Å². The molecule has 2 aliphatic heterocycles. The van der Waals surface area contributed by atoms with E-state index in [0.717, 1.165) is 54.5 Å². The van der Waals surface area contributed by atoms with Crippen LogP contribution in [0.5, 0.6) is 0 Å². The zero-order valence-electron chi connectivity index (χ0n) is 28.0. The van der Waals surface area contributed by atoms with Crippen LogP contribution in [0.1, 0.15) is 53.1 Å². The summed E-state index contributed by atoms with van der Waals surface area (Å²) in [5.41, 5.74) is 9.53. The molecule has 3 aromatic carbocycles. The number of rotatable bonds is 9. The Balaban J connectivity index is 1.15. The van der Waals surface area contributed by atoms with Crippen LogP contribution < -0.4 is 5.32 Å². The number of aliphatic carboxylic acids is 1. The van der Waals surface area contributed by atoms with Crippen molar-refractivity contribution in [2.45, 2.75) is 59.8 Å². The molecule has 0 bridgehead atoms. The van der Waals surface area contributed by atoms with E-state index in [1.165, 1.54) is 0 Å². The Hall–Kier alpha value is -4.89. The largest absolute Gasteiger partial charge is 0.481 e. The summed E-state index contributed by atoms with van der Waals surface area (Å²) in [6.07, 6.45) is 0.623. The lowest BCUT2D eigenvalue weighted by atomic mass is 9.91. The van der Waals surface area contributed by atoms with E-state index in [9.17, 15) is 20.0 Å². The minimum absolute atomic E-state index is 0.0926. The van der Waals surface area contributed by atoms with Crippen molar-refractivity contribution in [2.24, 2.45) is 5.92 Å². The Morgan fingerprint density at radius 3 is 2.45 bits per heavy atom. The lowest BCUT2D eigenvalue weighted by Crippen LogP contribution is -2.37. The average molecular weight is 675 g/mol. The van der Waals surface area contributed by atoms with Gasteiger partial charge in [0.15, 0.2) is 5.58 Å². The highest BCUT2D eigenvalue weighted by molar-refractivity contribution is 7.15. The molecule has 250 valence electrons. The number of likely N-dealkylation sites (tertiary alicyclic amines) is 1. The first-order chi connectivity index (χ1) is 23.6. The highest BCUT2D eigenvalue weighted by Crippen LogP contribution is 2.40. The van der Waals surface area contributed by atoms with Crippen molar-refractivity contribution in [2.75, 3.05) is 19.6 Å². The minimum Gasteiger partial charge on any atom is -0.481 e. The predicted molar refractivity (Wildman–Crippen MR) is 189 cm³/mol. The van der Waals surface area contributed by atoms with Crippen molar-refractivity contribution < 1.29 is 19.1 Å². The van der Waals surface area contributed by atoms with E-state index in [2.05, 4.69) is 54.4 Å². The molecule has 1 atom stereocenters. The Morgan fingerprint density at radius 1 is 1.06 bits per heavy atom. The molecule has 11 heteroatoms. The number of hydrogen-bond donors (Lipinski definition) is 2. The molecule has 10 nitrogen and oxygen atoms in total. The van der Waals surface area contributed by atoms with Crippen LogP contribution in [0.2, 0.25) is 0 Å². The Morgan fingerprint density at radius 2 is 1.78 bits per heavy atom. The summed E-state index contributed by atoms with van der Waals surface area (Å²) in [6.45, 7) is 11.5. The molecule has 0 radical (unpaired) electrons. The summed E-state index contributed by atoms with van der Waals surface area (Å²) in [7, 11) is 0. The number of amides is 1. The molecule has 7 rings (SSSR count). The van der Waals surface area contributed by atoms with Gasteiger partial charge in [0.2, 0.25) is 11.8 Å². The summed E-state index contributed by atoms with van der Waals surface area (Å²) < 4.78 is 6.27. The van der Waals surface area contributed by atoms with Crippen LogP contribution >= 0.6 is 11.3 Å². The molecule has 49 heavy (non-hydrogen) atoms. The van der Waals surface area contributed by atoms with Gasteiger partial charge in [-0.15, -0.1) is 11.3 Å². The molecule has 2 N–H and O–H groups in total. The van der Waals surface area contributed by atoms with Crippen molar-refractivity contribution in [3.05, 3.63) is 81.4 Å². The molecule has 0 aliphatic carbocycles. The summed E-state index contributed by atoms with van der Waals surface area (Å²) in [6, 6.07) is 18.6. The quantitative estimate of drug-likeness (QED) is 0.179. The number of nitrogens with one attached hydrogen (secondary N) is 1. The van der Waals surface area contributed by atoms with Gasteiger partial charge in [-0.05, 0) is 72.8 Å². The first kappa shape index (κ1) is 32.6. The zero-order chi connectivity index (χ0) is 34.4. The maximum absolute atomic E-state index is 12.7. The van der Waals surface area contributed by atoms with Crippen LogP contribution in [0.3, 0.4) is 0 Å². The van der Waals surface area contributed by atoms with E-state index in [1.54, 1.807) is 11.3 Å². The lowest BCUT2D eigenvalue weighted by molar-refractivity contribution is -0.141. The summed E-state index contributed by atoms with van der Waals surface area (Å²) in [4.78, 5) is 39.0. The van der Waals surface area contributed by atoms with E-state index < -0.39 is 5.97 Å². The van der Waals surface area contributed by atoms with E-state index >= 15 is 0 Å². The number of nitriles is 1. The molecular formula is C38H38N6O4S. The zero-order valence-corrected chi connectivity index (χ0v) is 28.9. The van der Waals surface area contributed by atoms with Gasteiger partial charge in [0.25, 0.3) is 0 Å². The van der Waals surface area contributed by atoms with Gasteiger partial charge < -0.3 is 19.7 Å². The van der Waals surface area contributed by atoms with Crippen LogP contribution in [-0.2, 0) is 29.2 Å². The van der Waals surface area contributed by atoms with Gasteiger partial charge in [0.1, 0.15) is 16.6 Å². The highest BCUT2D eigenvalue weighted by Gasteiger charge is 2.29. The van der Waals surface area contributed by atoms with Gasteiger partial charge in [-0.25, -0.2) is 9.97 Å². The second-order valence-electron chi connectivity index (χ2n) is 13.3. The maximum atomic E-state index is 12.7. The number of benzene rings is 3. The molecule has 1 unspecified atom stereocenters. The van der Waals surface area contributed by atoms with Crippen LogP contribution in [0.15, 0.2) is 52.9 Å². The molecule has 2 aliphatic rings. The Labute approximate surface area is 289 Å². The normalized spacial score (nSPS) is 16.1. The first-order valence-electron chi connectivity index (χ1n) is 16.6.